The van der Waals surface area contributed by atoms with E-state index in [4.69, 9.17) is 23.7 Å². The van der Waals surface area contributed by atoms with Gasteiger partial charge in [-0.1, -0.05) is 6.08 Å². The molecule has 5 rings (SSSR count). The third kappa shape index (κ3) is 4.26. The molecular weight excluding hydrogens is 322 g/mol. The maximum Gasteiger partial charge on any atom is 0.104 e. The van der Waals surface area contributed by atoms with Crippen molar-refractivity contribution in [3.63, 3.8) is 0 Å². The largest absolute Gasteiger partial charge is 0.373 e. The Hall–Kier alpha value is -0.920. The fourth-order valence-electron chi connectivity index (χ4n) is 3.75. The molecule has 0 radical (unpaired) electrons. The Bertz CT molecular complexity index is 560. The molecule has 0 bridgehead atoms. The van der Waals surface area contributed by atoms with E-state index in [1.54, 1.807) is 0 Å². The molecule has 4 saturated heterocycles. The number of hydrogen-bond donors (Lipinski definition) is 0. The highest BCUT2D eigenvalue weighted by Gasteiger charge is 2.41. The Balaban J connectivity index is 1.30. The third-order valence-electron chi connectivity index (χ3n) is 5.47. The van der Waals surface area contributed by atoms with Crippen molar-refractivity contribution >= 4 is 0 Å². The van der Waals surface area contributed by atoms with E-state index in [0.29, 0.717) is 24.9 Å². The lowest BCUT2D eigenvalue weighted by atomic mass is 9.84. The summed E-state index contributed by atoms with van der Waals surface area (Å²) in [6.07, 6.45) is 7.73. The van der Waals surface area contributed by atoms with E-state index >= 15 is 0 Å². The van der Waals surface area contributed by atoms with Crippen LogP contribution in [0.4, 0.5) is 0 Å². The third-order valence-corrected chi connectivity index (χ3v) is 5.47. The van der Waals surface area contributed by atoms with Crippen molar-refractivity contribution in [3.05, 3.63) is 23.4 Å². The SMILES string of the molecule is CC1=C(N(CC2CO2)CC2CO2)C=CC(CC2CO2)(OCC2CO2)C1. The molecule has 0 spiro atoms. The molecule has 4 fully saturated rings. The predicted molar refractivity (Wildman–Crippen MR) is 90.3 cm³/mol. The minimum Gasteiger partial charge on any atom is -0.373 e. The van der Waals surface area contributed by atoms with Crippen molar-refractivity contribution < 1.29 is 23.7 Å². The molecule has 0 aromatic rings. The van der Waals surface area contributed by atoms with Gasteiger partial charge < -0.3 is 28.6 Å². The van der Waals surface area contributed by atoms with Crippen LogP contribution in [-0.4, -0.2) is 81.0 Å². The lowest BCUT2D eigenvalue weighted by Crippen LogP contribution is -2.39. The summed E-state index contributed by atoms with van der Waals surface area (Å²) < 4.78 is 28.1. The van der Waals surface area contributed by atoms with Gasteiger partial charge in [-0.2, -0.15) is 0 Å². The fourth-order valence-corrected chi connectivity index (χ4v) is 3.75. The molecule has 1 aliphatic carbocycles. The van der Waals surface area contributed by atoms with Crippen molar-refractivity contribution in [3.8, 4) is 0 Å². The highest BCUT2D eigenvalue weighted by atomic mass is 16.6. The second kappa shape index (κ2) is 6.35. The van der Waals surface area contributed by atoms with Gasteiger partial charge in [0.15, 0.2) is 0 Å². The predicted octanol–water partition coefficient (Wildman–Crippen LogP) is 1.26. The van der Waals surface area contributed by atoms with E-state index < -0.39 is 0 Å². The van der Waals surface area contributed by atoms with E-state index in [-0.39, 0.29) is 11.7 Å². The number of nitrogens with zero attached hydrogens (tertiary/aromatic N) is 1. The Kier molecular flexibility index (Phi) is 4.14. The minimum absolute atomic E-state index is 0.251. The summed E-state index contributed by atoms with van der Waals surface area (Å²) in [5, 5.41) is 0. The molecule has 0 amide bonds. The first-order valence-electron chi connectivity index (χ1n) is 9.43. The van der Waals surface area contributed by atoms with Gasteiger partial charge in [0.25, 0.3) is 0 Å². The van der Waals surface area contributed by atoms with Gasteiger partial charge in [-0.15, -0.1) is 0 Å². The Morgan fingerprint density at radius 2 is 1.60 bits per heavy atom. The standard InChI is InChI=1S/C19H27NO5/c1-13-4-19(5-14-8-21-14,25-12-17-11-24-17)3-2-18(13)20(6-15-9-22-15)7-16-10-23-16/h2-3,14-17H,4-12H2,1H3. The molecule has 0 aromatic heterocycles. The van der Waals surface area contributed by atoms with Gasteiger partial charge >= 0.3 is 0 Å². The summed E-state index contributed by atoms with van der Waals surface area (Å²) in [4.78, 5) is 2.43. The van der Waals surface area contributed by atoms with E-state index in [2.05, 4.69) is 24.0 Å². The number of rotatable bonds is 10. The monoisotopic (exact) mass is 349 g/mol. The summed E-state index contributed by atoms with van der Waals surface area (Å²) in [6.45, 7) is 8.26. The van der Waals surface area contributed by atoms with Gasteiger partial charge in [0.1, 0.15) is 6.10 Å². The maximum absolute atomic E-state index is 6.34. The van der Waals surface area contributed by atoms with Crippen LogP contribution < -0.4 is 0 Å². The number of ether oxygens (including phenoxy) is 5. The smallest absolute Gasteiger partial charge is 0.104 e. The number of allylic oxidation sites excluding steroid dienone is 1. The molecule has 138 valence electrons. The zero-order valence-electron chi connectivity index (χ0n) is 14.8. The van der Waals surface area contributed by atoms with Gasteiger partial charge in [-0.3, -0.25) is 0 Å². The summed E-state index contributed by atoms with van der Waals surface area (Å²) >= 11 is 0. The van der Waals surface area contributed by atoms with Crippen molar-refractivity contribution in [2.75, 3.05) is 46.1 Å². The van der Waals surface area contributed by atoms with E-state index in [0.717, 1.165) is 52.4 Å². The second-order valence-corrected chi connectivity index (χ2v) is 7.98. The zero-order chi connectivity index (χ0) is 16.9. The molecular formula is C19H27NO5. The van der Waals surface area contributed by atoms with Crippen LogP contribution in [-0.2, 0) is 23.7 Å². The zero-order valence-corrected chi connectivity index (χ0v) is 14.8. The second-order valence-electron chi connectivity index (χ2n) is 7.98. The lowest BCUT2D eigenvalue weighted by molar-refractivity contribution is -0.0271. The Morgan fingerprint density at radius 3 is 2.12 bits per heavy atom. The van der Waals surface area contributed by atoms with Gasteiger partial charge in [-0.05, 0) is 18.6 Å². The first-order chi connectivity index (χ1) is 12.2. The molecule has 0 N–H and O–H groups in total. The summed E-state index contributed by atoms with van der Waals surface area (Å²) in [5.41, 5.74) is 2.43. The fraction of sp³-hybridized carbons (Fsp3) is 0.789. The molecule has 4 aliphatic heterocycles. The molecule has 4 heterocycles. The van der Waals surface area contributed by atoms with Crippen molar-refractivity contribution in [1.29, 1.82) is 0 Å². The normalized spacial score (nSPS) is 41.0. The Morgan fingerprint density at radius 1 is 1.00 bits per heavy atom. The first kappa shape index (κ1) is 16.3. The molecule has 25 heavy (non-hydrogen) atoms. The highest BCUT2D eigenvalue weighted by Crippen LogP contribution is 2.38. The van der Waals surface area contributed by atoms with Gasteiger partial charge in [-0.25, -0.2) is 0 Å². The van der Waals surface area contributed by atoms with Crippen LogP contribution in [0.5, 0.6) is 0 Å². The van der Waals surface area contributed by atoms with E-state index in [9.17, 15) is 0 Å². The van der Waals surface area contributed by atoms with Gasteiger partial charge in [0.2, 0.25) is 0 Å². The van der Waals surface area contributed by atoms with Crippen LogP contribution >= 0.6 is 0 Å². The molecule has 0 aromatic carbocycles. The van der Waals surface area contributed by atoms with E-state index in [1.165, 1.54) is 11.3 Å². The average molecular weight is 349 g/mol. The lowest BCUT2D eigenvalue weighted by Gasteiger charge is -2.37. The molecule has 6 nitrogen and oxygen atoms in total. The summed E-state index contributed by atoms with van der Waals surface area (Å²) in [6, 6.07) is 0. The summed E-state index contributed by atoms with van der Waals surface area (Å²) in [7, 11) is 0. The van der Waals surface area contributed by atoms with Crippen molar-refractivity contribution in [1.82, 2.24) is 4.90 Å². The van der Waals surface area contributed by atoms with Crippen LogP contribution in [0.3, 0.4) is 0 Å². The maximum atomic E-state index is 6.34. The molecule has 5 unspecified atom stereocenters. The molecule has 6 heteroatoms. The molecule has 5 atom stereocenters. The first-order valence-corrected chi connectivity index (χ1v) is 9.43. The minimum atomic E-state index is -0.251. The molecule has 5 aliphatic rings. The van der Waals surface area contributed by atoms with Crippen molar-refractivity contribution in [2.45, 2.75) is 49.8 Å². The van der Waals surface area contributed by atoms with Crippen LogP contribution in [0.1, 0.15) is 19.8 Å². The van der Waals surface area contributed by atoms with Crippen LogP contribution in [0.15, 0.2) is 23.4 Å². The number of hydrogen-bond acceptors (Lipinski definition) is 6. The summed E-state index contributed by atoms with van der Waals surface area (Å²) in [5.74, 6) is 0. The van der Waals surface area contributed by atoms with Crippen LogP contribution in [0, 0.1) is 0 Å². The topological polar surface area (TPSA) is 62.6 Å². The molecule has 0 saturated carbocycles. The number of epoxide rings is 4. The van der Waals surface area contributed by atoms with Gasteiger partial charge in [0.05, 0.1) is 56.9 Å². The Labute approximate surface area is 148 Å². The van der Waals surface area contributed by atoms with Crippen LogP contribution in [0.2, 0.25) is 0 Å². The van der Waals surface area contributed by atoms with Gasteiger partial charge in [0, 0.05) is 31.6 Å². The van der Waals surface area contributed by atoms with Crippen LogP contribution in [0.25, 0.3) is 0 Å². The highest BCUT2D eigenvalue weighted by molar-refractivity contribution is 5.33. The van der Waals surface area contributed by atoms with Crippen molar-refractivity contribution in [2.24, 2.45) is 0 Å². The van der Waals surface area contributed by atoms with E-state index in [1.807, 2.05) is 0 Å². The quantitative estimate of drug-likeness (QED) is 0.554. The average Bonchev–Trinajstić information content (AvgIpc) is 3.43.